The lowest BCUT2D eigenvalue weighted by molar-refractivity contribution is 0.291. The lowest BCUT2D eigenvalue weighted by Crippen LogP contribution is -2.41. The van der Waals surface area contributed by atoms with E-state index < -0.39 is 10.0 Å². The highest BCUT2D eigenvalue weighted by Crippen LogP contribution is 2.37. The Balaban J connectivity index is 1.59. The van der Waals surface area contributed by atoms with Crippen LogP contribution in [0.15, 0.2) is 24.3 Å². The summed E-state index contributed by atoms with van der Waals surface area (Å²) < 4.78 is 24.2. The van der Waals surface area contributed by atoms with Crippen molar-refractivity contribution in [1.29, 1.82) is 0 Å². The fourth-order valence-electron chi connectivity index (χ4n) is 2.44. The van der Waals surface area contributed by atoms with Crippen molar-refractivity contribution < 1.29 is 8.42 Å². The van der Waals surface area contributed by atoms with Gasteiger partial charge in [0.25, 0.3) is 0 Å². The Hall–Kier alpha value is -0.620. The van der Waals surface area contributed by atoms with Crippen LogP contribution in [0.25, 0.3) is 0 Å². The summed E-state index contributed by atoms with van der Waals surface area (Å²) >= 11 is 5.88. The molecule has 0 unspecified atom stereocenters. The van der Waals surface area contributed by atoms with Gasteiger partial charge in [0.05, 0.1) is 6.26 Å². The summed E-state index contributed by atoms with van der Waals surface area (Å²) in [5.41, 5.74) is 1.35. The Bertz CT molecular complexity index is 525. The molecule has 2 N–H and O–H groups in total. The molecule has 0 spiro atoms. The van der Waals surface area contributed by atoms with Gasteiger partial charge in [-0.1, -0.05) is 23.7 Å². The highest BCUT2D eigenvalue weighted by atomic mass is 35.5. The van der Waals surface area contributed by atoms with Crippen LogP contribution in [0.1, 0.15) is 30.7 Å². The molecule has 0 amide bonds. The predicted molar refractivity (Wildman–Crippen MR) is 82.7 cm³/mol. The Morgan fingerprint density at radius 2 is 1.85 bits per heavy atom. The van der Waals surface area contributed by atoms with Crippen LogP contribution in [0.3, 0.4) is 0 Å². The topological polar surface area (TPSA) is 58.2 Å². The molecule has 1 aliphatic rings. The van der Waals surface area contributed by atoms with Crippen LogP contribution in [0.5, 0.6) is 0 Å². The second-order valence-electron chi connectivity index (χ2n) is 5.39. The third-order valence-corrected chi connectivity index (χ3v) is 4.61. The Labute approximate surface area is 126 Å². The number of nitrogens with one attached hydrogen (secondary N) is 2. The smallest absolute Gasteiger partial charge is 0.208 e. The molecule has 112 valence electrons. The molecule has 1 fully saturated rings. The lowest BCUT2D eigenvalue weighted by Gasteiger charge is -2.36. The number of sulfonamides is 1. The summed E-state index contributed by atoms with van der Waals surface area (Å²) in [5, 5.41) is 4.23. The van der Waals surface area contributed by atoms with Gasteiger partial charge in [-0.05, 0) is 49.4 Å². The average molecular weight is 317 g/mol. The summed E-state index contributed by atoms with van der Waals surface area (Å²) in [6.45, 7) is 1.35. The van der Waals surface area contributed by atoms with Gasteiger partial charge in [0, 0.05) is 17.6 Å². The summed E-state index contributed by atoms with van der Waals surface area (Å²) in [4.78, 5) is 0. The van der Waals surface area contributed by atoms with E-state index in [1.165, 1.54) is 11.8 Å². The molecule has 0 bridgehead atoms. The second-order valence-corrected chi connectivity index (χ2v) is 7.66. The van der Waals surface area contributed by atoms with Gasteiger partial charge < -0.3 is 5.32 Å². The first-order valence-electron chi connectivity index (χ1n) is 6.87. The van der Waals surface area contributed by atoms with E-state index in [0.717, 1.165) is 30.8 Å². The standard InChI is InChI=1S/C14H21ClN2O2S/c1-20(18,19)17-8-2-7-16-14-9-12(10-14)11-3-5-13(15)6-4-11/h3-6,12,14,16-17H,2,7-10H2,1H3. The monoisotopic (exact) mass is 316 g/mol. The Kier molecular flexibility index (Phi) is 5.43. The first kappa shape index (κ1) is 15.8. The van der Waals surface area contributed by atoms with E-state index in [2.05, 4.69) is 22.2 Å². The van der Waals surface area contributed by atoms with Crippen molar-refractivity contribution in [2.75, 3.05) is 19.3 Å². The van der Waals surface area contributed by atoms with Crippen LogP contribution in [-0.4, -0.2) is 33.8 Å². The van der Waals surface area contributed by atoms with Crippen LogP contribution in [0.2, 0.25) is 5.02 Å². The molecule has 1 aliphatic carbocycles. The van der Waals surface area contributed by atoms with Crippen molar-refractivity contribution in [3.05, 3.63) is 34.9 Å². The van der Waals surface area contributed by atoms with E-state index in [1.807, 2.05) is 12.1 Å². The van der Waals surface area contributed by atoms with Gasteiger partial charge in [0.1, 0.15) is 0 Å². The van der Waals surface area contributed by atoms with E-state index in [1.54, 1.807) is 0 Å². The van der Waals surface area contributed by atoms with Crippen LogP contribution in [-0.2, 0) is 10.0 Å². The van der Waals surface area contributed by atoms with E-state index in [9.17, 15) is 8.42 Å². The zero-order valence-corrected chi connectivity index (χ0v) is 13.2. The maximum absolute atomic E-state index is 10.9. The minimum Gasteiger partial charge on any atom is -0.314 e. The third kappa shape index (κ3) is 5.05. The molecule has 20 heavy (non-hydrogen) atoms. The molecule has 1 aromatic carbocycles. The zero-order chi connectivity index (χ0) is 14.6. The Morgan fingerprint density at radius 3 is 2.45 bits per heavy atom. The summed E-state index contributed by atoms with van der Waals surface area (Å²) in [6, 6.07) is 8.62. The van der Waals surface area contributed by atoms with Gasteiger partial charge in [-0.3, -0.25) is 0 Å². The van der Waals surface area contributed by atoms with Gasteiger partial charge in [-0.25, -0.2) is 13.1 Å². The van der Waals surface area contributed by atoms with E-state index in [-0.39, 0.29) is 0 Å². The first-order valence-corrected chi connectivity index (χ1v) is 9.14. The lowest BCUT2D eigenvalue weighted by atomic mass is 9.76. The maximum atomic E-state index is 10.9. The number of hydrogen-bond donors (Lipinski definition) is 2. The first-order chi connectivity index (χ1) is 9.44. The molecule has 0 atom stereocenters. The van der Waals surface area contributed by atoms with Crippen LogP contribution in [0, 0.1) is 0 Å². The van der Waals surface area contributed by atoms with Crippen molar-refractivity contribution in [1.82, 2.24) is 10.0 Å². The largest absolute Gasteiger partial charge is 0.314 e. The molecular formula is C14H21ClN2O2S. The SMILES string of the molecule is CS(=O)(=O)NCCCNC1CC(c2ccc(Cl)cc2)C1. The molecule has 4 nitrogen and oxygen atoms in total. The van der Waals surface area contributed by atoms with Crippen LogP contribution >= 0.6 is 11.6 Å². The quantitative estimate of drug-likeness (QED) is 0.758. The van der Waals surface area contributed by atoms with Crippen molar-refractivity contribution in [3.63, 3.8) is 0 Å². The molecule has 1 saturated carbocycles. The highest BCUT2D eigenvalue weighted by molar-refractivity contribution is 7.88. The molecule has 6 heteroatoms. The van der Waals surface area contributed by atoms with Crippen molar-refractivity contribution in [2.24, 2.45) is 0 Å². The summed E-state index contributed by atoms with van der Waals surface area (Å²) in [6.07, 6.45) is 4.28. The van der Waals surface area contributed by atoms with Gasteiger partial charge in [-0.15, -0.1) is 0 Å². The van der Waals surface area contributed by atoms with Gasteiger partial charge >= 0.3 is 0 Å². The van der Waals surface area contributed by atoms with E-state index in [4.69, 9.17) is 11.6 Å². The number of benzene rings is 1. The zero-order valence-electron chi connectivity index (χ0n) is 11.6. The minimum absolute atomic E-state index is 0.499. The second kappa shape index (κ2) is 6.89. The summed E-state index contributed by atoms with van der Waals surface area (Å²) in [5.74, 6) is 0.624. The number of halogens is 1. The van der Waals surface area contributed by atoms with E-state index >= 15 is 0 Å². The third-order valence-electron chi connectivity index (χ3n) is 3.63. The van der Waals surface area contributed by atoms with Crippen LogP contribution in [0.4, 0.5) is 0 Å². The van der Waals surface area contributed by atoms with Crippen molar-refractivity contribution >= 4 is 21.6 Å². The molecule has 0 saturated heterocycles. The summed E-state index contributed by atoms with van der Waals surface area (Å²) in [7, 11) is -3.05. The maximum Gasteiger partial charge on any atom is 0.208 e. The molecule has 1 aromatic rings. The average Bonchev–Trinajstić information content (AvgIpc) is 2.31. The van der Waals surface area contributed by atoms with Gasteiger partial charge in [-0.2, -0.15) is 0 Å². The molecule has 0 radical (unpaired) electrons. The molecule has 0 heterocycles. The number of hydrogen-bond acceptors (Lipinski definition) is 3. The number of rotatable bonds is 7. The highest BCUT2D eigenvalue weighted by Gasteiger charge is 2.29. The van der Waals surface area contributed by atoms with E-state index in [0.29, 0.717) is 18.5 Å². The predicted octanol–water partition coefficient (Wildman–Crippen LogP) is 2.11. The van der Waals surface area contributed by atoms with Gasteiger partial charge in [0.2, 0.25) is 10.0 Å². The molecular weight excluding hydrogens is 296 g/mol. The normalized spacial score (nSPS) is 22.5. The fraction of sp³-hybridized carbons (Fsp3) is 0.571. The van der Waals surface area contributed by atoms with Crippen molar-refractivity contribution in [3.8, 4) is 0 Å². The van der Waals surface area contributed by atoms with Crippen LogP contribution < -0.4 is 10.0 Å². The molecule has 0 aromatic heterocycles. The van der Waals surface area contributed by atoms with Gasteiger partial charge in [0.15, 0.2) is 0 Å². The molecule has 2 rings (SSSR count). The Morgan fingerprint density at radius 1 is 1.20 bits per heavy atom. The minimum atomic E-state index is -3.05. The van der Waals surface area contributed by atoms with Crippen molar-refractivity contribution in [2.45, 2.75) is 31.2 Å². The molecule has 0 aliphatic heterocycles. The fourth-order valence-corrected chi connectivity index (χ4v) is 3.08.